The van der Waals surface area contributed by atoms with Gasteiger partial charge in [0.25, 0.3) is 0 Å². The Balaban J connectivity index is 0.00000213. The van der Waals surface area contributed by atoms with Crippen LogP contribution in [-0.2, 0) is 35.3 Å². The van der Waals surface area contributed by atoms with E-state index in [0.29, 0.717) is 48.1 Å². The van der Waals surface area contributed by atoms with Crippen LogP contribution in [0.2, 0.25) is 0 Å². The minimum absolute atomic E-state index is 0.110. The molecule has 0 aromatic heterocycles. The summed E-state index contributed by atoms with van der Waals surface area (Å²) in [5.74, 6) is -1.16. The summed E-state index contributed by atoms with van der Waals surface area (Å²) < 4.78 is 4.48. The monoisotopic (exact) mass is 764 g/mol. The third kappa shape index (κ3) is 22.4. The van der Waals surface area contributed by atoms with Crippen molar-refractivity contribution in [1.29, 1.82) is 0 Å². The zero-order chi connectivity index (χ0) is 40.3. The fourth-order valence-electron chi connectivity index (χ4n) is 4.48. The molecule has 0 spiro atoms. The second kappa shape index (κ2) is 28.3. The first-order valence-corrected chi connectivity index (χ1v) is 19.5. The second-order valence-corrected chi connectivity index (χ2v) is 14.6. The van der Waals surface area contributed by atoms with Crippen LogP contribution in [0.3, 0.4) is 0 Å². The number of anilines is 1. The van der Waals surface area contributed by atoms with Gasteiger partial charge in [0.05, 0.1) is 17.6 Å². The molecule has 5 amide bonds. The van der Waals surface area contributed by atoms with Crippen LogP contribution in [0.15, 0.2) is 36.7 Å². The smallest absolute Gasteiger partial charge is 0.450 e. The van der Waals surface area contributed by atoms with Crippen LogP contribution >= 0.6 is 11.8 Å². The van der Waals surface area contributed by atoms with E-state index in [1.807, 2.05) is 6.92 Å². The molecule has 1 fully saturated rings. The number of hydrogen-bond donors (Lipinski definition) is 6. The lowest BCUT2D eigenvalue weighted by atomic mass is 10.0. The molecule has 0 saturated carbocycles. The number of amides is 5. The average molecular weight is 765 g/mol. The highest BCUT2D eigenvalue weighted by atomic mass is 32.2. The Morgan fingerprint density at radius 2 is 1.60 bits per heavy atom. The Bertz CT molecular complexity index is 1290. The van der Waals surface area contributed by atoms with Gasteiger partial charge in [0.1, 0.15) is 12.6 Å². The first kappa shape index (κ1) is 48.7. The van der Waals surface area contributed by atoms with E-state index in [4.69, 9.17) is 10.8 Å². The van der Waals surface area contributed by atoms with Crippen LogP contribution in [-0.4, -0.2) is 81.9 Å². The number of carbonyl (C=O) groups excluding carboxylic acids is 5. The summed E-state index contributed by atoms with van der Waals surface area (Å²) in [5, 5.41) is 19.4. The van der Waals surface area contributed by atoms with Gasteiger partial charge in [0, 0.05) is 36.9 Å². The fourth-order valence-corrected chi connectivity index (χ4v) is 5.72. The largest absolute Gasteiger partial charge is 0.506 e. The molecule has 300 valence electrons. The molecule has 7 N–H and O–H groups in total. The number of rotatable bonds is 21. The van der Waals surface area contributed by atoms with Gasteiger partial charge in [-0.3, -0.25) is 28.9 Å². The Morgan fingerprint density at radius 3 is 2.11 bits per heavy atom. The number of thioether (sulfide) groups is 1. The fraction of sp³-hybridized carbons (Fsp3) is 0.632. The van der Waals surface area contributed by atoms with E-state index < -0.39 is 24.0 Å². The molecule has 1 heterocycles. The molecule has 0 radical (unpaired) electrons. The summed E-state index contributed by atoms with van der Waals surface area (Å²) in [4.78, 5) is 74.2. The van der Waals surface area contributed by atoms with Crippen molar-refractivity contribution in [3.8, 4) is 0 Å². The Labute approximate surface area is 320 Å². The molecule has 3 atom stereocenters. The van der Waals surface area contributed by atoms with Crippen molar-refractivity contribution in [3.63, 3.8) is 0 Å². The molecule has 1 aromatic rings. The van der Waals surface area contributed by atoms with Crippen molar-refractivity contribution in [3.05, 3.63) is 42.2 Å². The van der Waals surface area contributed by atoms with E-state index >= 15 is 0 Å². The van der Waals surface area contributed by atoms with E-state index in [1.54, 1.807) is 49.9 Å². The van der Waals surface area contributed by atoms with Crippen LogP contribution in [0.5, 0.6) is 0 Å². The number of benzene rings is 1. The van der Waals surface area contributed by atoms with Crippen molar-refractivity contribution in [2.75, 3.05) is 25.0 Å². The maximum absolute atomic E-state index is 12.7. The summed E-state index contributed by atoms with van der Waals surface area (Å²) in [6.45, 7) is 18.4. The summed E-state index contributed by atoms with van der Waals surface area (Å²) in [5.41, 5.74) is 6.25. The maximum atomic E-state index is 12.7. The molecule has 0 aliphatic carbocycles. The number of unbranched alkanes of at least 4 members (excludes halogenated alkanes) is 3. The molecule has 1 saturated heterocycles. The van der Waals surface area contributed by atoms with Crippen molar-refractivity contribution in [1.82, 2.24) is 20.9 Å². The van der Waals surface area contributed by atoms with Gasteiger partial charge in [-0.1, -0.05) is 86.4 Å². The van der Waals surface area contributed by atoms with Crippen molar-refractivity contribution >= 4 is 53.1 Å². The molecule has 3 unspecified atom stereocenters. The van der Waals surface area contributed by atoms with E-state index in [2.05, 4.69) is 60.3 Å². The molecule has 1 aliphatic heterocycles. The summed E-state index contributed by atoms with van der Waals surface area (Å²) in [6, 6.07) is 5.57. The lowest BCUT2D eigenvalue weighted by Crippen LogP contribution is -2.51. The van der Waals surface area contributed by atoms with Crippen LogP contribution in [0.1, 0.15) is 112 Å². The molecular formula is C38H64N6O8S. The number of nitrogens with zero attached hydrogens (tertiary/aromatic N) is 1. The van der Waals surface area contributed by atoms with Gasteiger partial charge in [-0.05, 0) is 49.3 Å². The average Bonchev–Trinajstić information content (AvgIpc) is 3.38. The first-order chi connectivity index (χ1) is 25.1. The quantitative estimate of drug-likeness (QED) is 0.0522. The molecule has 53 heavy (non-hydrogen) atoms. The van der Waals surface area contributed by atoms with Gasteiger partial charge in [0.2, 0.25) is 29.5 Å². The molecule has 15 heteroatoms. The van der Waals surface area contributed by atoms with E-state index in [1.165, 1.54) is 17.7 Å². The summed E-state index contributed by atoms with van der Waals surface area (Å²) >= 11 is 1.55. The topological polar surface area (TPSA) is 209 Å². The van der Waals surface area contributed by atoms with Crippen LogP contribution in [0.25, 0.3) is 0 Å². The highest BCUT2D eigenvalue weighted by molar-refractivity contribution is 8.01. The lowest BCUT2D eigenvalue weighted by Gasteiger charge is -2.21. The highest BCUT2D eigenvalue weighted by Crippen LogP contribution is 2.29. The van der Waals surface area contributed by atoms with Crippen molar-refractivity contribution in [2.45, 2.75) is 129 Å². The molecular weight excluding hydrogens is 701 g/mol. The number of nitrogens with two attached hydrogens (primary N) is 1. The summed E-state index contributed by atoms with van der Waals surface area (Å²) in [6.07, 6.45) is 5.53. The number of imide groups is 1. The number of hydrogen-bond acceptors (Lipinski definition) is 10. The van der Waals surface area contributed by atoms with Gasteiger partial charge < -0.3 is 36.8 Å². The normalized spacial score (nSPS) is 14.5. The standard InChI is InChI=1S/C29H42N4O8S.C5H12N2.C4H10/c1-5-19(4)42-22-15-25(36)33(28(22)38)14-8-6-7-9-23(34)32-26(18(2)3)27(37)30-16-24(35)31-21-12-10-20(11-13-21)17-41-29(39)40;1-3-4-7-5(2)6;1-3-4-2/h10-13,18-19,22,26H,5-9,14-17H2,1-4H3,(H,30,37)(H,31,35)(H,32,34)(H,39,40);7H,2-4,6H2,1H3;3-4H2,1-2H3. The van der Waals surface area contributed by atoms with Gasteiger partial charge in [-0.25, -0.2) is 4.79 Å². The van der Waals surface area contributed by atoms with E-state index in [9.17, 15) is 28.8 Å². The minimum Gasteiger partial charge on any atom is -0.450 e. The zero-order valence-corrected chi connectivity index (χ0v) is 33.6. The number of nitrogens with one attached hydrogen (secondary N) is 4. The molecule has 0 bridgehead atoms. The third-order valence-electron chi connectivity index (χ3n) is 7.85. The third-order valence-corrected chi connectivity index (χ3v) is 9.35. The predicted octanol–water partition coefficient (Wildman–Crippen LogP) is 5.52. The SMILES string of the molecule is C=C(N)NCCC.CCC(C)SC1CC(=O)N(CCCCCC(=O)NC(C(=O)NCC(=O)Nc2ccc(COC(=O)O)cc2)C(C)C)C1=O.CCCC. The number of carboxylic acid groups (broad SMARTS) is 1. The van der Waals surface area contributed by atoms with Crippen molar-refractivity contribution < 1.29 is 38.6 Å². The number of carbonyl (C=O) groups is 6. The van der Waals surface area contributed by atoms with Crippen LogP contribution in [0.4, 0.5) is 10.5 Å². The van der Waals surface area contributed by atoms with Crippen LogP contribution in [0, 0.1) is 5.92 Å². The van der Waals surface area contributed by atoms with Crippen molar-refractivity contribution in [2.24, 2.45) is 11.7 Å². The minimum atomic E-state index is -1.38. The summed E-state index contributed by atoms with van der Waals surface area (Å²) in [7, 11) is 0. The number of likely N-dealkylation sites (tertiary alicyclic amines) is 1. The first-order valence-electron chi connectivity index (χ1n) is 18.6. The maximum Gasteiger partial charge on any atom is 0.506 e. The van der Waals surface area contributed by atoms with E-state index in [0.717, 1.165) is 19.4 Å². The van der Waals surface area contributed by atoms with Gasteiger partial charge in [-0.2, -0.15) is 0 Å². The predicted molar refractivity (Wildman–Crippen MR) is 211 cm³/mol. The van der Waals surface area contributed by atoms with Crippen LogP contribution < -0.4 is 27.0 Å². The van der Waals surface area contributed by atoms with Gasteiger partial charge in [-0.15, -0.1) is 11.8 Å². The zero-order valence-electron chi connectivity index (χ0n) is 32.8. The molecule has 2 rings (SSSR count). The van der Waals surface area contributed by atoms with E-state index in [-0.39, 0.29) is 54.9 Å². The molecule has 1 aromatic carbocycles. The Morgan fingerprint density at radius 1 is 0.962 bits per heavy atom. The molecule has 14 nitrogen and oxygen atoms in total. The Kier molecular flexibility index (Phi) is 26.0. The number of ether oxygens (including phenoxy) is 1. The molecule has 1 aliphatic rings. The lowest BCUT2D eigenvalue weighted by molar-refractivity contribution is -0.138. The second-order valence-electron chi connectivity index (χ2n) is 13.0. The highest BCUT2D eigenvalue weighted by Gasteiger charge is 2.39. The Hall–Kier alpha value is -4.27. The van der Waals surface area contributed by atoms with Gasteiger partial charge >= 0.3 is 6.16 Å². The van der Waals surface area contributed by atoms with Gasteiger partial charge in [0.15, 0.2) is 0 Å².